The fraction of sp³-hybridized carbons (Fsp3) is 0.562. The molecule has 1 amide bonds. The topological polar surface area (TPSA) is 32.3 Å². The van der Waals surface area contributed by atoms with Crippen molar-refractivity contribution in [3.8, 4) is 0 Å². The van der Waals surface area contributed by atoms with Gasteiger partial charge in [-0.05, 0) is 58.0 Å². The summed E-state index contributed by atoms with van der Waals surface area (Å²) in [4.78, 5) is 15.9. The Bertz CT molecular complexity index is 487. The molecule has 22 heavy (non-hydrogen) atoms. The van der Waals surface area contributed by atoms with Gasteiger partial charge in [-0.2, -0.15) is 0 Å². The Morgan fingerprint density at radius 3 is 2.32 bits per heavy atom. The van der Waals surface area contributed by atoms with Crippen molar-refractivity contribution in [3.63, 3.8) is 0 Å². The molecule has 0 unspecified atom stereocenters. The number of rotatable bonds is 4. The highest BCUT2D eigenvalue weighted by molar-refractivity contribution is 9.10. The standard InChI is InChI=1S/C16H23BrN2OS.ClH/c1-16(2,21-14-6-4-12(17)5-7-14)15(20)19-10-8-13(18-3)9-11-19;/h4-7,13,18H,8-11H2,1-3H3;1H. The van der Waals surface area contributed by atoms with E-state index < -0.39 is 4.75 Å². The van der Waals surface area contributed by atoms with Gasteiger partial charge in [-0.15, -0.1) is 24.2 Å². The zero-order chi connectivity index (χ0) is 15.5. The second-order valence-electron chi connectivity index (χ2n) is 5.92. The van der Waals surface area contributed by atoms with E-state index >= 15 is 0 Å². The number of carbonyl (C=O) groups excluding carboxylic acids is 1. The number of halogens is 2. The van der Waals surface area contributed by atoms with Crippen LogP contribution in [0.1, 0.15) is 26.7 Å². The summed E-state index contributed by atoms with van der Waals surface area (Å²) in [7, 11) is 2.00. The molecule has 1 aliphatic heterocycles. The van der Waals surface area contributed by atoms with Crippen LogP contribution in [0.4, 0.5) is 0 Å². The van der Waals surface area contributed by atoms with Crippen LogP contribution in [-0.2, 0) is 4.79 Å². The molecule has 1 aliphatic rings. The van der Waals surface area contributed by atoms with Gasteiger partial charge in [0.1, 0.15) is 0 Å². The minimum absolute atomic E-state index is 0. The van der Waals surface area contributed by atoms with Crippen LogP contribution in [0.2, 0.25) is 0 Å². The summed E-state index contributed by atoms with van der Waals surface area (Å²) < 4.78 is 0.630. The number of nitrogens with one attached hydrogen (secondary N) is 1. The molecule has 1 heterocycles. The normalized spacial score (nSPS) is 16.3. The first-order valence-electron chi connectivity index (χ1n) is 7.33. The van der Waals surface area contributed by atoms with Crippen LogP contribution in [0.25, 0.3) is 0 Å². The lowest BCUT2D eigenvalue weighted by atomic mass is 10.0. The van der Waals surface area contributed by atoms with Gasteiger partial charge >= 0.3 is 0 Å². The third-order valence-electron chi connectivity index (χ3n) is 3.89. The van der Waals surface area contributed by atoms with Gasteiger partial charge in [0.05, 0.1) is 4.75 Å². The van der Waals surface area contributed by atoms with Gasteiger partial charge in [-0.1, -0.05) is 15.9 Å². The lowest BCUT2D eigenvalue weighted by molar-refractivity contribution is -0.134. The molecule has 1 fully saturated rings. The molecule has 3 nitrogen and oxygen atoms in total. The number of amides is 1. The molecule has 6 heteroatoms. The molecule has 2 rings (SSSR count). The van der Waals surface area contributed by atoms with Crippen molar-refractivity contribution < 1.29 is 4.79 Å². The number of hydrogen-bond acceptors (Lipinski definition) is 3. The second kappa shape index (κ2) is 8.57. The van der Waals surface area contributed by atoms with Crippen LogP contribution in [0.15, 0.2) is 33.6 Å². The number of nitrogens with zero attached hydrogens (tertiary/aromatic N) is 1. The number of likely N-dealkylation sites (tertiary alicyclic amines) is 1. The van der Waals surface area contributed by atoms with Crippen molar-refractivity contribution in [1.29, 1.82) is 0 Å². The quantitative estimate of drug-likeness (QED) is 0.767. The second-order valence-corrected chi connectivity index (χ2v) is 8.53. The van der Waals surface area contributed by atoms with Gasteiger partial charge in [0.25, 0.3) is 0 Å². The first kappa shape index (κ1) is 19.8. The predicted molar refractivity (Wildman–Crippen MR) is 100.0 cm³/mol. The number of piperidine rings is 1. The zero-order valence-electron chi connectivity index (χ0n) is 13.3. The van der Waals surface area contributed by atoms with Crippen molar-refractivity contribution in [1.82, 2.24) is 10.2 Å². The van der Waals surface area contributed by atoms with Crippen LogP contribution >= 0.6 is 40.1 Å². The molecule has 1 N–H and O–H groups in total. The van der Waals surface area contributed by atoms with E-state index in [0.29, 0.717) is 6.04 Å². The number of benzene rings is 1. The van der Waals surface area contributed by atoms with Gasteiger partial charge in [0.15, 0.2) is 0 Å². The van der Waals surface area contributed by atoms with E-state index in [0.717, 1.165) is 35.3 Å². The van der Waals surface area contributed by atoms with Gasteiger partial charge in [0, 0.05) is 28.5 Å². The highest BCUT2D eigenvalue weighted by Gasteiger charge is 2.34. The average molecular weight is 408 g/mol. The van der Waals surface area contributed by atoms with Crippen LogP contribution in [0.3, 0.4) is 0 Å². The molecule has 0 saturated carbocycles. The van der Waals surface area contributed by atoms with Crippen LogP contribution in [-0.4, -0.2) is 41.7 Å². The molecule has 0 aliphatic carbocycles. The molecular weight excluding hydrogens is 384 g/mol. The summed E-state index contributed by atoms with van der Waals surface area (Å²) in [6.07, 6.45) is 2.09. The summed E-state index contributed by atoms with van der Waals surface area (Å²) in [5, 5.41) is 3.30. The van der Waals surface area contributed by atoms with Crippen molar-refractivity contribution in [2.45, 2.75) is 42.4 Å². The van der Waals surface area contributed by atoms with Gasteiger partial charge in [-0.25, -0.2) is 0 Å². The molecule has 0 radical (unpaired) electrons. The maximum absolute atomic E-state index is 12.8. The van der Waals surface area contributed by atoms with Crippen LogP contribution in [0, 0.1) is 0 Å². The van der Waals surface area contributed by atoms with E-state index in [9.17, 15) is 4.79 Å². The summed E-state index contributed by atoms with van der Waals surface area (Å²) in [5.41, 5.74) is 0. The summed E-state index contributed by atoms with van der Waals surface area (Å²) >= 11 is 5.07. The molecule has 124 valence electrons. The summed E-state index contributed by atoms with van der Waals surface area (Å²) in [5.74, 6) is 0.241. The fourth-order valence-electron chi connectivity index (χ4n) is 2.59. The van der Waals surface area contributed by atoms with Crippen LogP contribution < -0.4 is 5.32 Å². The molecule has 1 aromatic rings. The first-order chi connectivity index (χ1) is 9.92. The smallest absolute Gasteiger partial charge is 0.238 e. The molecule has 0 aromatic heterocycles. The van der Waals surface area contributed by atoms with E-state index in [-0.39, 0.29) is 18.3 Å². The number of carbonyl (C=O) groups is 1. The highest BCUT2D eigenvalue weighted by atomic mass is 79.9. The molecule has 0 spiro atoms. The van der Waals surface area contributed by atoms with E-state index in [4.69, 9.17) is 0 Å². The van der Waals surface area contributed by atoms with Crippen molar-refractivity contribution >= 4 is 46.0 Å². The highest BCUT2D eigenvalue weighted by Crippen LogP contribution is 2.35. The Hall–Kier alpha value is -0.230. The lowest BCUT2D eigenvalue weighted by Crippen LogP contribution is -2.49. The lowest BCUT2D eigenvalue weighted by Gasteiger charge is -2.36. The Morgan fingerprint density at radius 1 is 1.27 bits per heavy atom. The summed E-state index contributed by atoms with van der Waals surface area (Å²) in [6.45, 7) is 5.75. The maximum Gasteiger partial charge on any atom is 0.238 e. The fourth-order valence-corrected chi connectivity index (χ4v) is 3.94. The van der Waals surface area contributed by atoms with Gasteiger partial charge in [-0.3, -0.25) is 4.79 Å². The van der Waals surface area contributed by atoms with Crippen molar-refractivity contribution in [2.75, 3.05) is 20.1 Å². The molecule has 1 saturated heterocycles. The largest absolute Gasteiger partial charge is 0.341 e. The Balaban J connectivity index is 0.00000242. The zero-order valence-corrected chi connectivity index (χ0v) is 16.5. The van der Waals surface area contributed by atoms with E-state index in [1.165, 1.54) is 0 Å². The summed E-state index contributed by atoms with van der Waals surface area (Å²) in [6, 6.07) is 8.69. The molecule has 0 atom stereocenters. The Morgan fingerprint density at radius 2 is 1.82 bits per heavy atom. The first-order valence-corrected chi connectivity index (χ1v) is 8.94. The Labute approximate surface area is 152 Å². The SMILES string of the molecule is CNC1CCN(C(=O)C(C)(C)Sc2ccc(Br)cc2)CC1.Cl. The maximum atomic E-state index is 12.8. The van der Waals surface area contributed by atoms with Gasteiger partial charge < -0.3 is 10.2 Å². The monoisotopic (exact) mass is 406 g/mol. The van der Waals surface area contributed by atoms with E-state index in [2.05, 4.69) is 33.4 Å². The van der Waals surface area contributed by atoms with E-state index in [1.54, 1.807) is 11.8 Å². The Kier molecular flexibility index (Phi) is 7.72. The third kappa shape index (κ3) is 5.15. The molecule has 1 aromatic carbocycles. The van der Waals surface area contributed by atoms with Crippen LogP contribution in [0.5, 0.6) is 0 Å². The molecular formula is C16H24BrClN2OS. The third-order valence-corrected chi connectivity index (χ3v) is 5.61. The number of hydrogen-bond donors (Lipinski definition) is 1. The minimum Gasteiger partial charge on any atom is -0.341 e. The predicted octanol–water partition coefficient (Wildman–Crippen LogP) is 3.95. The van der Waals surface area contributed by atoms with Gasteiger partial charge in [0.2, 0.25) is 5.91 Å². The average Bonchev–Trinajstić information content (AvgIpc) is 2.49. The minimum atomic E-state index is -0.430. The number of thioether (sulfide) groups is 1. The molecule has 0 bridgehead atoms. The van der Waals surface area contributed by atoms with Crippen molar-refractivity contribution in [2.24, 2.45) is 0 Å². The van der Waals surface area contributed by atoms with Crippen molar-refractivity contribution in [3.05, 3.63) is 28.7 Å². The van der Waals surface area contributed by atoms with E-state index in [1.807, 2.05) is 37.9 Å².